The average Bonchev–Trinajstić information content (AvgIpc) is 3.20. The number of carbonyl (C=O) groups is 2. The van der Waals surface area contributed by atoms with Crippen molar-refractivity contribution in [2.75, 3.05) is 6.54 Å². The van der Waals surface area contributed by atoms with Gasteiger partial charge in [-0.2, -0.15) is 0 Å². The van der Waals surface area contributed by atoms with Crippen molar-refractivity contribution >= 4 is 23.5 Å². The van der Waals surface area contributed by atoms with Crippen molar-refractivity contribution in [1.29, 1.82) is 0 Å². The van der Waals surface area contributed by atoms with Crippen LogP contribution in [0.15, 0.2) is 24.3 Å². The van der Waals surface area contributed by atoms with Crippen LogP contribution in [0.4, 0.5) is 4.79 Å². The number of benzene rings is 1. The molecule has 1 atom stereocenters. The highest BCUT2D eigenvalue weighted by Gasteiger charge is 2.23. The average molecular weight is 296 g/mol. The fourth-order valence-corrected chi connectivity index (χ4v) is 1.86. The third-order valence-electron chi connectivity index (χ3n) is 3.10. The molecule has 108 valence electrons. The van der Waals surface area contributed by atoms with Crippen LogP contribution in [0.2, 0.25) is 5.02 Å². The van der Waals surface area contributed by atoms with Crippen LogP contribution >= 0.6 is 11.6 Å². The molecule has 3 N–H and O–H groups in total. The van der Waals surface area contributed by atoms with Crippen LogP contribution in [0.25, 0.3) is 0 Å². The SMILES string of the molecule is CC(NCC(=O)NC(=O)NC1CC1)c1ccc(Cl)cc1. The minimum atomic E-state index is -0.418. The predicted molar refractivity (Wildman–Crippen MR) is 77.6 cm³/mol. The van der Waals surface area contributed by atoms with Crippen LogP contribution in [-0.2, 0) is 4.79 Å². The van der Waals surface area contributed by atoms with E-state index in [0.29, 0.717) is 5.02 Å². The van der Waals surface area contributed by atoms with Crippen LogP contribution in [0.5, 0.6) is 0 Å². The Hall–Kier alpha value is -1.59. The maximum atomic E-state index is 11.6. The summed E-state index contributed by atoms with van der Waals surface area (Å²) in [4.78, 5) is 23.0. The second kappa shape index (κ2) is 6.72. The Morgan fingerprint density at radius 3 is 2.55 bits per heavy atom. The van der Waals surface area contributed by atoms with E-state index >= 15 is 0 Å². The molecule has 1 aromatic rings. The molecule has 1 unspecified atom stereocenters. The van der Waals surface area contributed by atoms with Gasteiger partial charge < -0.3 is 10.6 Å². The Bertz CT molecular complexity index is 486. The van der Waals surface area contributed by atoms with Gasteiger partial charge in [-0.15, -0.1) is 0 Å². The lowest BCUT2D eigenvalue weighted by Gasteiger charge is -2.14. The fraction of sp³-hybridized carbons (Fsp3) is 0.429. The zero-order valence-corrected chi connectivity index (χ0v) is 12.0. The minimum absolute atomic E-state index is 0.00418. The lowest BCUT2D eigenvalue weighted by atomic mass is 10.1. The van der Waals surface area contributed by atoms with Crippen LogP contribution in [-0.4, -0.2) is 24.5 Å². The predicted octanol–water partition coefficient (Wildman–Crippen LogP) is 1.98. The highest BCUT2D eigenvalue weighted by Crippen LogP contribution is 2.18. The molecule has 2 rings (SSSR count). The second-order valence-corrected chi connectivity index (χ2v) is 5.39. The second-order valence-electron chi connectivity index (χ2n) is 4.95. The molecule has 20 heavy (non-hydrogen) atoms. The van der Waals surface area contributed by atoms with E-state index in [1.54, 1.807) is 12.1 Å². The molecule has 5 nitrogen and oxygen atoms in total. The number of rotatable bonds is 5. The maximum Gasteiger partial charge on any atom is 0.321 e. The van der Waals surface area contributed by atoms with Crippen molar-refractivity contribution < 1.29 is 9.59 Å². The van der Waals surface area contributed by atoms with E-state index in [4.69, 9.17) is 11.6 Å². The molecule has 0 bridgehead atoms. The quantitative estimate of drug-likeness (QED) is 0.778. The smallest absolute Gasteiger partial charge is 0.321 e. The lowest BCUT2D eigenvalue weighted by molar-refractivity contribution is -0.119. The number of imide groups is 1. The van der Waals surface area contributed by atoms with Gasteiger partial charge in [-0.25, -0.2) is 4.79 Å². The van der Waals surface area contributed by atoms with Crippen LogP contribution < -0.4 is 16.0 Å². The first-order chi connectivity index (χ1) is 9.54. The monoisotopic (exact) mass is 295 g/mol. The van der Waals surface area contributed by atoms with Gasteiger partial charge in [0.2, 0.25) is 5.91 Å². The lowest BCUT2D eigenvalue weighted by Crippen LogP contribution is -2.44. The first-order valence-electron chi connectivity index (χ1n) is 6.64. The summed E-state index contributed by atoms with van der Waals surface area (Å²) >= 11 is 5.82. The number of hydrogen-bond donors (Lipinski definition) is 3. The van der Waals surface area contributed by atoms with E-state index in [0.717, 1.165) is 18.4 Å². The molecular weight excluding hydrogens is 278 g/mol. The van der Waals surface area contributed by atoms with Gasteiger partial charge in [0.25, 0.3) is 0 Å². The summed E-state index contributed by atoms with van der Waals surface area (Å²) in [5.74, 6) is -0.344. The number of hydrogen-bond acceptors (Lipinski definition) is 3. The Kier molecular flexibility index (Phi) is 4.98. The molecule has 0 heterocycles. The van der Waals surface area contributed by atoms with Crippen LogP contribution in [0.3, 0.4) is 0 Å². The van der Waals surface area contributed by atoms with Crippen molar-refractivity contribution in [2.24, 2.45) is 0 Å². The van der Waals surface area contributed by atoms with Crippen LogP contribution in [0.1, 0.15) is 31.4 Å². The number of urea groups is 1. The van der Waals surface area contributed by atoms with Gasteiger partial charge in [-0.05, 0) is 37.5 Å². The third kappa shape index (κ3) is 4.83. The molecule has 1 aromatic carbocycles. The normalized spacial score (nSPS) is 15.5. The number of nitrogens with one attached hydrogen (secondary N) is 3. The molecule has 0 aromatic heterocycles. The first-order valence-corrected chi connectivity index (χ1v) is 7.01. The van der Waals surface area contributed by atoms with Gasteiger partial charge in [-0.1, -0.05) is 23.7 Å². The van der Waals surface area contributed by atoms with Crippen molar-refractivity contribution in [2.45, 2.75) is 31.8 Å². The van der Waals surface area contributed by atoms with Crippen molar-refractivity contribution in [1.82, 2.24) is 16.0 Å². The van der Waals surface area contributed by atoms with Gasteiger partial charge >= 0.3 is 6.03 Å². The summed E-state index contributed by atoms with van der Waals surface area (Å²) in [5.41, 5.74) is 1.03. The van der Waals surface area contributed by atoms with E-state index in [9.17, 15) is 9.59 Å². The Morgan fingerprint density at radius 2 is 1.95 bits per heavy atom. The topological polar surface area (TPSA) is 70.2 Å². The molecule has 1 aliphatic rings. The zero-order chi connectivity index (χ0) is 14.5. The molecule has 0 aliphatic heterocycles. The molecule has 1 fully saturated rings. The largest absolute Gasteiger partial charge is 0.335 e. The summed E-state index contributed by atoms with van der Waals surface area (Å²) in [6, 6.07) is 7.23. The summed E-state index contributed by atoms with van der Waals surface area (Å²) in [5, 5.41) is 8.73. The van der Waals surface area contributed by atoms with E-state index in [2.05, 4.69) is 16.0 Å². The number of carbonyl (C=O) groups excluding carboxylic acids is 2. The van der Waals surface area contributed by atoms with Crippen LogP contribution in [0, 0.1) is 0 Å². The molecule has 0 radical (unpaired) electrons. The summed E-state index contributed by atoms with van der Waals surface area (Å²) < 4.78 is 0. The Balaban J connectivity index is 1.71. The van der Waals surface area contributed by atoms with Gasteiger partial charge in [0, 0.05) is 17.1 Å². The van der Waals surface area contributed by atoms with Crippen molar-refractivity contribution in [3.63, 3.8) is 0 Å². The fourth-order valence-electron chi connectivity index (χ4n) is 1.74. The van der Waals surface area contributed by atoms with Gasteiger partial charge in [0.15, 0.2) is 0 Å². The standard InChI is InChI=1S/C14H18ClN3O2/c1-9(10-2-4-11(15)5-3-10)16-8-13(19)18-14(20)17-12-6-7-12/h2-5,9,12,16H,6-8H2,1H3,(H2,17,18,19,20). The van der Waals surface area contributed by atoms with Gasteiger partial charge in [0.1, 0.15) is 0 Å². The number of amides is 3. The summed E-state index contributed by atoms with van der Waals surface area (Å²) in [6.07, 6.45) is 1.99. The maximum absolute atomic E-state index is 11.6. The van der Waals surface area contributed by atoms with E-state index in [-0.39, 0.29) is 24.5 Å². The zero-order valence-electron chi connectivity index (χ0n) is 11.3. The van der Waals surface area contributed by atoms with Gasteiger partial charge in [-0.3, -0.25) is 10.1 Å². The highest BCUT2D eigenvalue weighted by molar-refractivity contribution is 6.30. The Morgan fingerprint density at radius 1 is 1.30 bits per heavy atom. The molecular formula is C14H18ClN3O2. The molecule has 1 aliphatic carbocycles. The van der Waals surface area contributed by atoms with Crippen molar-refractivity contribution in [3.8, 4) is 0 Å². The molecule has 3 amide bonds. The van der Waals surface area contributed by atoms with Crippen molar-refractivity contribution in [3.05, 3.63) is 34.9 Å². The van der Waals surface area contributed by atoms with E-state index < -0.39 is 6.03 Å². The van der Waals surface area contributed by atoms with Gasteiger partial charge in [0.05, 0.1) is 6.54 Å². The molecule has 1 saturated carbocycles. The van der Waals surface area contributed by atoms with E-state index in [1.807, 2.05) is 19.1 Å². The molecule has 6 heteroatoms. The summed E-state index contributed by atoms with van der Waals surface area (Å²) in [6.45, 7) is 2.03. The molecule has 0 saturated heterocycles. The Labute approximate surface area is 123 Å². The van der Waals surface area contributed by atoms with E-state index in [1.165, 1.54) is 0 Å². The first kappa shape index (κ1) is 14.8. The molecule has 0 spiro atoms. The summed E-state index contributed by atoms with van der Waals surface area (Å²) in [7, 11) is 0. The highest BCUT2D eigenvalue weighted by atomic mass is 35.5. The minimum Gasteiger partial charge on any atom is -0.335 e. The third-order valence-corrected chi connectivity index (χ3v) is 3.36. The number of halogens is 1.